The Hall–Kier alpha value is -5.93. The van der Waals surface area contributed by atoms with Crippen molar-refractivity contribution in [3.63, 3.8) is 0 Å². The molecule has 14 nitrogen and oxygen atoms in total. The molecule has 3 aromatic heterocycles. The second kappa shape index (κ2) is 10.3. The Bertz CT molecular complexity index is 1820. The van der Waals surface area contributed by atoms with Gasteiger partial charge in [-0.2, -0.15) is 19.7 Å². The van der Waals surface area contributed by atoms with Crippen LogP contribution in [0.2, 0.25) is 0 Å². The van der Waals surface area contributed by atoms with Gasteiger partial charge in [0.1, 0.15) is 28.6 Å². The summed E-state index contributed by atoms with van der Waals surface area (Å²) in [4.78, 5) is 35.5. The monoisotopic (exact) mass is 563 g/mol. The topological polar surface area (TPSA) is 212 Å². The van der Waals surface area contributed by atoms with Gasteiger partial charge in [0, 0.05) is 30.2 Å². The minimum absolute atomic E-state index is 0.00263. The number of benzene rings is 2. The molecule has 0 unspecified atom stereocenters. The number of halogens is 2. The third-order valence-corrected chi connectivity index (χ3v) is 6.09. The van der Waals surface area contributed by atoms with Gasteiger partial charge in [-0.1, -0.05) is 18.2 Å². The van der Waals surface area contributed by atoms with E-state index in [0.29, 0.717) is 10.5 Å². The molecule has 3 heterocycles. The van der Waals surface area contributed by atoms with E-state index >= 15 is 0 Å². The van der Waals surface area contributed by atoms with Gasteiger partial charge in [-0.3, -0.25) is 15.0 Å². The lowest BCUT2D eigenvalue weighted by molar-refractivity contribution is -0.384. The predicted molar refractivity (Wildman–Crippen MR) is 141 cm³/mol. The third-order valence-electron chi connectivity index (χ3n) is 6.09. The smallest absolute Gasteiger partial charge is 0.412 e. The molecule has 5 rings (SSSR count). The quantitative estimate of drug-likeness (QED) is 0.166. The number of nitro benzene ring substituents is 1. The summed E-state index contributed by atoms with van der Waals surface area (Å²) in [6.45, 7) is -0.591. The number of nitrogens with two attached hydrogens (primary N) is 2. The number of aromatic hydroxyl groups is 1. The Morgan fingerprint density at radius 3 is 2.44 bits per heavy atom. The van der Waals surface area contributed by atoms with Crippen molar-refractivity contribution >= 4 is 40.1 Å². The fourth-order valence-electron chi connectivity index (χ4n) is 4.20. The number of fused-ring (bicyclic) bond motifs is 1. The number of phenols is 1. The molecule has 0 spiro atoms. The second-order valence-electron chi connectivity index (χ2n) is 8.73. The molecule has 0 aliphatic rings. The van der Waals surface area contributed by atoms with Crippen molar-refractivity contribution in [3.8, 4) is 11.7 Å². The first-order valence-electron chi connectivity index (χ1n) is 11.7. The molecule has 1 amide bonds. The van der Waals surface area contributed by atoms with E-state index in [1.165, 1.54) is 12.1 Å². The van der Waals surface area contributed by atoms with E-state index in [9.17, 15) is 33.9 Å². The lowest BCUT2D eigenvalue weighted by atomic mass is 10.1. The van der Waals surface area contributed by atoms with Crippen LogP contribution in [-0.4, -0.2) is 46.0 Å². The number of aromatic nitrogens is 5. The number of phenolic OH excluding ortho intramolecular Hbond substituents is 1. The first kappa shape index (κ1) is 26.7. The standard InChI is InChI=1S/C25H19F2N9O5/c26-14-9-18-20(30-10-14)17(8-12-3-1-2-4-16(12)27)33-35(18)24-31-22(28)21(23(29)32-24)34(25(38)39)11-13-7-15(36(40)41)5-6-19(13)37/h1-7,9-10,37H,8,11H2,(H,38,39)(H4,28,29,31,32). The molecule has 0 radical (unpaired) electrons. The SMILES string of the molecule is Nc1nc(-n2nc(Cc3ccccc3F)c3ncc(F)cc32)nc(N)c1N(Cc1cc([N+](=O)[O-])ccc1O)C(=O)O. The Kier molecular flexibility index (Phi) is 6.72. The molecule has 5 aromatic rings. The maximum Gasteiger partial charge on any atom is 0.412 e. The number of nitrogens with zero attached hydrogens (tertiary/aromatic N) is 7. The van der Waals surface area contributed by atoms with Gasteiger partial charge in [0.2, 0.25) is 0 Å². The molecule has 208 valence electrons. The minimum atomic E-state index is -1.58. The number of hydrogen-bond acceptors (Lipinski definition) is 10. The average Bonchev–Trinajstić information content (AvgIpc) is 3.27. The van der Waals surface area contributed by atoms with E-state index < -0.39 is 46.6 Å². The van der Waals surface area contributed by atoms with Crippen LogP contribution in [0.5, 0.6) is 5.75 Å². The molecule has 0 bridgehead atoms. The highest BCUT2D eigenvalue weighted by Crippen LogP contribution is 2.33. The van der Waals surface area contributed by atoms with Gasteiger partial charge >= 0.3 is 6.09 Å². The van der Waals surface area contributed by atoms with Crippen molar-refractivity contribution in [2.75, 3.05) is 16.4 Å². The Labute approximate surface area is 228 Å². The number of carboxylic acid groups (broad SMARTS) is 1. The second-order valence-corrected chi connectivity index (χ2v) is 8.73. The van der Waals surface area contributed by atoms with E-state index in [0.717, 1.165) is 35.1 Å². The van der Waals surface area contributed by atoms with Gasteiger partial charge in [0.05, 0.1) is 28.9 Å². The highest BCUT2D eigenvalue weighted by molar-refractivity contribution is 5.94. The molecule has 16 heteroatoms. The Balaban J connectivity index is 1.58. The van der Waals surface area contributed by atoms with Gasteiger partial charge in [-0.05, 0) is 17.7 Å². The van der Waals surface area contributed by atoms with Crippen molar-refractivity contribution in [1.29, 1.82) is 0 Å². The summed E-state index contributed by atoms with van der Waals surface area (Å²) < 4.78 is 29.6. The molecular formula is C25H19F2N9O5. The van der Waals surface area contributed by atoms with Crippen LogP contribution < -0.4 is 16.4 Å². The van der Waals surface area contributed by atoms with Crippen LogP contribution in [-0.2, 0) is 13.0 Å². The molecule has 41 heavy (non-hydrogen) atoms. The fraction of sp³-hybridized carbons (Fsp3) is 0.0800. The zero-order chi connectivity index (χ0) is 29.4. The van der Waals surface area contributed by atoms with Crippen LogP contribution in [0.25, 0.3) is 17.0 Å². The number of hydrogen-bond donors (Lipinski definition) is 4. The van der Waals surface area contributed by atoms with E-state index in [1.807, 2.05) is 0 Å². The number of nitro groups is 1. The van der Waals surface area contributed by atoms with Crippen LogP contribution in [0.3, 0.4) is 0 Å². The van der Waals surface area contributed by atoms with Crippen molar-refractivity contribution in [3.05, 3.63) is 93.3 Å². The first-order valence-corrected chi connectivity index (χ1v) is 11.7. The Morgan fingerprint density at radius 2 is 1.78 bits per heavy atom. The van der Waals surface area contributed by atoms with E-state index in [2.05, 4.69) is 20.1 Å². The third kappa shape index (κ3) is 5.08. The Morgan fingerprint density at radius 1 is 1.07 bits per heavy atom. The summed E-state index contributed by atoms with van der Waals surface area (Å²) in [6.07, 6.45) is -0.606. The molecule has 2 aromatic carbocycles. The minimum Gasteiger partial charge on any atom is -0.508 e. The summed E-state index contributed by atoms with van der Waals surface area (Å²) in [7, 11) is 0. The predicted octanol–water partition coefficient (Wildman–Crippen LogP) is 3.54. The summed E-state index contributed by atoms with van der Waals surface area (Å²) in [5, 5.41) is 35.6. The fourth-order valence-corrected chi connectivity index (χ4v) is 4.20. The number of non-ortho nitro benzene ring substituents is 1. The largest absolute Gasteiger partial charge is 0.508 e. The molecule has 0 saturated carbocycles. The number of nitrogen functional groups attached to an aromatic ring is 2. The maximum absolute atomic E-state index is 14.3. The zero-order valence-electron chi connectivity index (χ0n) is 20.8. The van der Waals surface area contributed by atoms with Crippen LogP contribution in [0, 0.1) is 21.7 Å². The molecule has 0 atom stereocenters. The van der Waals surface area contributed by atoms with Crippen molar-refractivity contribution < 1.29 is 28.7 Å². The van der Waals surface area contributed by atoms with Gasteiger partial charge in [0.25, 0.3) is 11.6 Å². The molecule has 0 aliphatic carbocycles. The molecule has 0 aliphatic heterocycles. The normalized spacial score (nSPS) is 11.1. The van der Waals surface area contributed by atoms with E-state index in [4.69, 9.17) is 11.5 Å². The van der Waals surface area contributed by atoms with Gasteiger partial charge in [0.15, 0.2) is 11.6 Å². The average molecular weight is 563 g/mol. The van der Waals surface area contributed by atoms with Gasteiger partial charge in [-0.15, -0.1) is 0 Å². The van der Waals surface area contributed by atoms with E-state index in [-0.39, 0.29) is 46.0 Å². The number of amides is 1. The lowest BCUT2D eigenvalue weighted by Gasteiger charge is -2.22. The molecule has 0 saturated heterocycles. The van der Waals surface area contributed by atoms with Crippen molar-refractivity contribution in [2.45, 2.75) is 13.0 Å². The van der Waals surface area contributed by atoms with Crippen LogP contribution in [0.4, 0.5) is 36.6 Å². The zero-order valence-corrected chi connectivity index (χ0v) is 20.8. The molecule has 6 N–H and O–H groups in total. The summed E-state index contributed by atoms with van der Waals surface area (Å²) in [6, 6.07) is 10.2. The number of rotatable bonds is 7. The van der Waals surface area contributed by atoms with Gasteiger partial charge in [-0.25, -0.2) is 18.6 Å². The summed E-state index contributed by atoms with van der Waals surface area (Å²) >= 11 is 0. The lowest BCUT2D eigenvalue weighted by Crippen LogP contribution is -2.31. The number of anilines is 3. The van der Waals surface area contributed by atoms with Crippen LogP contribution in [0.15, 0.2) is 54.7 Å². The molecule has 0 fully saturated rings. The van der Waals surface area contributed by atoms with Crippen LogP contribution in [0.1, 0.15) is 16.8 Å². The van der Waals surface area contributed by atoms with Gasteiger partial charge < -0.3 is 21.7 Å². The van der Waals surface area contributed by atoms with Crippen molar-refractivity contribution in [2.24, 2.45) is 0 Å². The number of carbonyl (C=O) groups is 1. The maximum atomic E-state index is 14.3. The van der Waals surface area contributed by atoms with Crippen LogP contribution >= 0.6 is 0 Å². The summed E-state index contributed by atoms with van der Waals surface area (Å²) in [5.74, 6) is -2.70. The molecular weight excluding hydrogens is 544 g/mol. The summed E-state index contributed by atoms with van der Waals surface area (Å²) in [5.41, 5.74) is 12.3. The highest BCUT2D eigenvalue weighted by Gasteiger charge is 2.26. The van der Waals surface area contributed by atoms with Crippen molar-refractivity contribution in [1.82, 2.24) is 24.7 Å². The first-order chi connectivity index (χ1) is 19.5. The van der Waals surface area contributed by atoms with E-state index in [1.54, 1.807) is 12.1 Å². The number of pyridine rings is 1. The highest BCUT2D eigenvalue weighted by atomic mass is 19.1.